The van der Waals surface area contributed by atoms with Crippen LogP contribution in [-0.2, 0) is 11.2 Å². The molecule has 82 valence electrons. The number of carbonyl (C=O) groups excluding carboxylic acids is 1. The van der Waals surface area contributed by atoms with Crippen molar-refractivity contribution in [1.29, 1.82) is 0 Å². The summed E-state index contributed by atoms with van der Waals surface area (Å²) < 4.78 is 0. The van der Waals surface area contributed by atoms with Crippen LogP contribution in [0.4, 0.5) is 5.69 Å². The first-order valence-electron chi connectivity index (χ1n) is 5.55. The molecule has 0 saturated carbocycles. The molecule has 0 saturated heterocycles. The van der Waals surface area contributed by atoms with E-state index in [1.54, 1.807) is 0 Å². The van der Waals surface area contributed by atoms with Crippen molar-refractivity contribution in [2.45, 2.75) is 19.8 Å². The lowest BCUT2D eigenvalue weighted by Crippen LogP contribution is -2.21. The van der Waals surface area contributed by atoms with E-state index in [9.17, 15) is 4.79 Å². The summed E-state index contributed by atoms with van der Waals surface area (Å²) in [5.41, 5.74) is 2.18. The second kappa shape index (κ2) is 4.85. The number of benzene rings is 1. The van der Waals surface area contributed by atoms with Gasteiger partial charge < -0.3 is 5.32 Å². The highest BCUT2D eigenvalue weighted by Crippen LogP contribution is 2.22. The second-order valence-corrected chi connectivity index (χ2v) is 4.01. The quantitative estimate of drug-likeness (QED) is 0.725. The molecule has 1 aliphatic heterocycles. The SMILES string of the molecule is CC#CCC1CNc2ccccc2CC1=O. The minimum Gasteiger partial charge on any atom is -0.384 e. The molecule has 0 spiro atoms. The highest BCUT2D eigenvalue weighted by Gasteiger charge is 2.22. The first-order chi connectivity index (χ1) is 7.81. The van der Waals surface area contributed by atoms with Crippen molar-refractivity contribution >= 4 is 11.5 Å². The minimum atomic E-state index is 0.0276. The van der Waals surface area contributed by atoms with E-state index in [2.05, 4.69) is 17.2 Å². The molecule has 1 atom stereocenters. The normalized spacial score (nSPS) is 18.8. The molecule has 1 aromatic rings. The van der Waals surface area contributed by atoms with Gasteiger partial charge in [0.05, 0.1) is 0 Å². The van der Waals surface area contributed by atoms with Gasteiger partial charge in [0.2, 0.25) is 0 Å². The van der Waals surface area contributed by atoms with Crippen LogP contribution in [0.15, 0.2) is 24.3 Å². The zero-order valence-electron chi connectivity index (χ0n) is 9.42. The number of para-hydroxylation sites is 1. The van der Waals surface area contributed by atoms with Crippen LogP contribution in [0.2, 0.25) is 0 Å². The predicted octanol–water partition coefficient (Wildman–Crippen LogP) is 2.25. The van der Waals surface area contributed by atoms with E-state index >= 15 is 0 Å². The highest BCUT2D eigenvalue weighted by molar-refractivity contribution is 5.86. The first-order valence-corrected chi connectivity index (χ1v) is 5.55. The molecule has 16 heavy (non-hydrogen) atoms. The molecule has 0 amide bonds. The summed E-state index contributed by atoms with van der Waals surface area (Å²) in [4.78, 5) is 12.0. The van der Waals surface area contributed by atoms with E-state index in [1.165, 1.54) is 0 Å². The fourth-order valence-corrected chi connectivity index (χ4v) is 1.94. The van der Waals surface area contributed by atoms with Crippen LogP contribution in [0, 0.1) is 17.8 Å². The largest absolute Gasteiger partial charge is 0.384 e. The van der Waals surface area contributed by atoms with Crippen LogP contribution in [0.25, 0.3) is 0 Å². The number of carbonyl (C=O) groups is 1. The maximum Gasteiger partial charge on any atom is 0.143 e. The van der Waals surface area contributed by atoms with E-state index in [0.29, 0.717) is 25.2 Å². The standard InChI is InChI=1S/C14H15NO/c1-2-3-6-12-10-15-13-8-5-4-7-11(13)9-14(12)16/h4-5,7-8,12,15H,6,9-10H2,1H3. The average Bonchev–Trinajstić information content (AvgIpc) is 2.45. The van der Waals surface area contributed by atoms with Crippen LogP contribution < -0.4 is 5.32 Å². The highest BCUT2D eigenvalue weighted by atomic mass is 16.1. The summed E-state index contributed by atoms with van der Waals surface area (Å²) in [6.45, 7) is 2.51. The van der Waals surface area contributed by atoms with Crippen LogP contribution in [0.3, 0.4) is 0 Å². The first kappa shape index (κ1) is 10.8. The summed E-state index contributed by atoms with van der Waals surface area (Å²) in [6.07, 6.45) is 1.19. The predicted molar refractivity (Wildman–Crippen MR) is 65.2 cm³/mol. The number of anilines is 1. The van der Waals surface area contributed by atoms with Crippen molar-refractivity contribution in [1.82, 2.24) is 0 Å². The lowest BCUT2D eigenvalue weighted by atomic mass is 9.97. The third-order valence-electron chi connectivity index (χ3n) is 2.90. The topological polar surface area (TPSA) is 29.1 Å². The minimum absolute atomic E-state index is 0.0276. The molecule has 1 heterocycles. The molecule has 0 aliphatic carbocycles. The number of fused-ring (bicyclic) bond motifs is 1. The maximum atomic E-state index is 12.0. The average molecular weight is 213 g/mol. The molecule has 2 nitrogen and oxygen atoms in total. The fraction of sp³-hybridized carbons (Fsp3) is 0.357. The van der Waals surface area contributed by atoms with Crippen LogP contribution in [-0.4, -0.2) is 12.3 Å². The number of Topliss-reactive ketones (excluding diaryl/α,β-unsaturated/α-hetero) is 1. The molecule has 1 unspecified atom stereocenters. The summed E-state index contributed by atoms with van der Waals surface area (Å²) in [5, 5.41) is 3.33. The van der Waals surface area contributed by atoms with Crippen molar-refractivity contribution in [3.05, 3.63) is 29.8 Å². The Labute approximate surface area is 96.1 Å². The Morgan fingerprint density at radius 2 is 2.25 bits per heavy atom. The van der Waals surface area contributed by atoms with E-state index in [1.807, 2.05) is 31.2 Å². The fourth-order valence-electron chi connectivity index (χ4n) is 1.94. The molecular formula is C14H15NO. The van der Waals surface area contributed by atoms with Gasteiger partial charge in [0.1, 0.15) is 5.78 Å². The maximum absolute atomic E-state index is 12.0. The summed E-state index contributed by atoms with van der Waals surface area (Å²) in [7, 11) is 0. The van der Waals surface area contributed by atoms with Gasteiger partial charge in [0.25, 0.3) is 0 Å². The van der Waals surface area contributed by atoms with Crippen LogP contribution in [0.1, 0.15) is 18.9 Å². The molecule has 1 aromatic carbocycles. The second-order valence-electron chi connectivity index (χ2n) is 4.01. The molecule has 2 rings (SSSR count). The van der Waals surface area contributed by atoms with Crippen LogP contribution >= 0.6 is 0 Å². The van der Waals surface area contributed by atoms with Gasteiger partial charge >= 0.3 is 0 Å². The number of ketones is 1. The van der Waals surface area contributed by atoms with Gasteiger partial charge in [-0.25, -0.2) is 0 Å². The lowest BCUT2D eigenvalue weighted by Gasteiger charge is -2.09. The van der Waals surface area contributed by atoms with Gasteiger partial charge in [-0.1, -0.05) is 18.2 Å². The summed E-state index contributed by atoms with van der Waals surface area (Å²) in [6, 6.07) is 7.99. The third kappa shape index (κ3) is 2.25. The molecule has 2 heteroatoms. The lowest BCUT2D eigenvalue weighted by molar-refractivity contribution is -0.121. The molecule has 1 aliphatic rings. The Hall–Kier alpha value is -1.75. The Bertz CT molecular complexity index is 453. The van der Waals surface area contributed by atoms with E-state index in [-0.39, 0.29) is 5.92 Å². The molecule has 0 aromatic heterocycles. The molecule has 0 fully saturated rings. The Morgan fingerprint density at radius 3 is 3.06 bits per heavy atom. The molecular weight excluding hydrogens is 198 g/mol. The smallest absolute Gasteiger partial charge is 0.143 e. The zero-order chi connectivity index (χ0) is 11.4. The number of nitrogens with one attached hydrogen (secondary N) is 1. The summed E-state index contributed by atoms with van der Waals surface area (Å²) >= 11 is 0. The van der Waals surface area contributed by atoms with Crippen molar-refractivity contribution < 1.29 is 4.79 Å². The van der Waals surface area contributed by atoms with Crippen molar-refractivity contribution in [2.24, 2.45) is 5.92 Å². The van der Waals surface area contributed by atoms with Gasteiger partial charge in [-0.3, -0.25) is 4.79 Å². The van der Waals surface area contributed by atoms with Crippen molar-refractivity contribution in [3.63, 3.8) is 0 Å². The van der Waals surface area contributed by atoms with Gasteiger partial charge in [-0.2, -0.15) is 0 Å². The zero-order valence-corrected chi connectivity index (χ0v) is 9.42. The van der Waals surface area contributed by atoms with Crippen LogP contribution in [0.5, 0.6) is 0 Å². The Balaban J connectivity index is 2.17. The molecule has 1 N–H and O–H groups in total. The number of hydrogen-bond acceptors (Lipinski definition) is 2. The van der Waals surface area contributed by atoms with Gasteiger partial charge in [0, 0.05) is 31.0 Å². The van der Waals surface area contributed by atoms with E-state index < -0.39 is 0 Å². The van der Waals surface area contributed by atoms with E-state index in [0.717, 1.165) is 11.3 Å². The van der Waals surface area contributed by atoms with Crippen molar-refractivity contribution in [3.8, 4) is 11.8 Å². The molecule has 0 radical (unpaired) electrons. The number of hydrogen-bond donors (Lipinski definition) is 1. The van der Waals surface area contributed by atoms with Gasteiger partial charge in [-0.05, 0) is 18.6 Å². The monoisotopic (exact) mass is 213 g/mol. The Kier molecular flexibility index (Phi) is 3.26. The summed E-state index contributed by atoms with van der Waals surface area (Å²) in [5.74, 6) is 6.16. The van der Waals surface area contributed by atoms with Gasteiger partial charge in [-0.15, -0.1) is 11.8 Å². The molecule has 0 bridgehead atoms. The van der Waals surface area contributed by atoms with Gasteiger partial charge in [0.15, 0.2) is 0 Å². The van der Waals surface area contributed by atoms with Crippen molar-refractivity contribution in [2.75, 3.05) is 11.9 Å². The third-order valence-corrected chi connectivity index (χ3v) is 2.90. The van der Waals surface area contributed by atoms with E-state index in [4.69, 9.17) is 0 Å². The number of rotatable bonds is 1. The Morgan fingerprint density at radius 1 is 1.44 bits per heavy atom.